The van der Waals surface area contributed by atoms with E-state index in [9.17, 15) is 0 Å². The smallest absolute Gasteiger partial charge is 0.175 e. The molecule has 0 radical (unpaired) electrons. The van der Waals surface area contributed by atoms with Crippen molar-refractivity contribution in [1.29, 1.82) is 5.41 Å². The first-order valence-corrected chi connectivity index (χ1v) is 7.19. The lowest BCUT2D eigenvalue weighted by atomic mass is 10.2. The molecule has 1 saturated heterocycles. The number of aromatic amines is 1. The Morgan fingerprint density at radius 2 is 2.27 bits per heavy atom. The molecule has 1 aromatic rings. The standard InChI is InChI=1S/C14H23N7O/c1-3-22-10-11-8-14(19-18-11)17-12(15)9-13(16)21-6-4-20(2)5-7-21/h3,8,16H,1,4-7,9-10H2,2H3,(H3,15,17,18,19). The molecule has 2 heterocycles. The zero-order valence-corrected chi connectivity index (χ0v) is 12.9. The van der Waals surface area contributed by atoms with Gasteiger partial charge in [-0.2, -0.15) is 5.10 Å². The number of hydrogen-bond donors (Lipinski definition) is 3. The minimum absolute atomic E-state index is 0.328. The second-order valence-electron chi connectivity index (χ2n) is 5.25. The van der Waals surface area contributed by atoms with Crippen molar-refractivity contribution < 1.29 is 4.74 Å². The second kappa shape index (κ2) is 7.60. The summed E-state index contributed by atoms with van der Waals surface area (Å²) in [6, 6.07) is 1.76. The van der Waals surface area contributed by atoms with E-state index in [2.05, 4.69) is 33.7 Å². The van der Waals surface area contributed by atoms with Gasteiger partial charge in [0.15, 0.2) is 5.82 Å². The molecule has 0 aliphatic carbocycles. The molecule has 8 nitrogen and oxygen atoms in total. The highest BCUT2D eigenvalue weighted by Crippen LogP contribution is 2.11. The minimum Gasteiger partial charge on any atom is -0.496 e. The van der Waals surface area contributed by atoms with Crippen molar-refractivity contribution in [3.63, 3.8) is 0 Å². The predicted octanol–water partition coefficient (Wildman–Crippen LogP) is 0.673. The Balaban J connectivity index is 1.87. The molecule has 1 fully saturated rings. The van der Waals surface area contributed by atoms with Gasteiger partial charge in [-0.25, -0.2) is 4.99 Å². The first-order valence-electron chi connectivity index (χ1n) is 7.19. The molecule has 0 unspecified atom stereocenters. The van der Waals surface area contributed by atoms with E-state index in [1.54, 1.807) is 6.07 Å². The van der Waals surface area contributed by atoms with Crippen molar-refractivity contribution in [3.05, 3.63) is 24.6 Å². The quantitative estimate of drug-likeness (QED) is 0.407. The first kappa shape index (κ1) is 16.0. The van der Waals surface area contributed by atoms with Gasteiger partial charge in [0.1, 0.15) is 18.3 Å². The Morgan fingerprint density at radius 1 is 1.55 bits per heavy atom. The van der Waals surface area contributed by atoms with Crippen LogP contribution in [0.3, 0.4) is 0 Å². The Morgan fingerprint density at radius 3 is 2.95 bits per heavy atom. The largest absolute Gasteiger partial charge is 0.496 e. The molecule has 0 bridgehead atoms. The topological polar surface area (TPSA) is 107 Å². The zero-order valence-electron chi connectivity index (χ0n) is 12.9. The van der Waals surface area contributed by atoms with Crippen LogP contribution in [0.15, 0.2) is 23.9 Å². The Kier molecular flexibility index (Phi) is 5.54. The number of piperazine rings is 1. The molecule has 22 heavy (non-hydrogen) atoms. The van der Waals surface area contributed by atoms with Crippen LogP contribution in [-0.4, -0.2) is 64.9 Å². The van der Waals surface area contributed by atoms with Gasteiger partial charge in [0.05, 0.1) is 18.4 Å². The maximum atomic E-state index is 8.13. The minimum atomic E-state index is 0.328. The molecule has 0 amide bonds. The third-order valence-corrected chi connectivity index (χ3v) is 3.47. The van der Waals surface area contributed by atoms with Gasteiger partial charge in [-0.3, -0.25) is 10.5 Å². The van der Waals surface area contributed by atoms with Gasteiger partial charge in [0.25, 0.3) is 0 Å². The van der Waals surface area contributed by atoms with Crippen molar-refractivity contribution in [3.8, 4) is 0 Å². The van der Waals surface area contributed by atoms with Gasteiger partial charge in [-0.05, 0) is 7.05 Å². The summed E-state index contributed by atoms with van der Waals surface area (Å²) in [5.74, 6) is 1.37. The molecule has 4 N–H and O–H groups in total. The molecule has 0 saturated carbocycles. The summed E-state index contributed by atoms with van der Waals surface area (Å²) in [6.07, 6.45) is 1.70. The normalized spacial score (nSPS) is 16.6. The number of nitrogens with zero attached hydrogens (tertiary/aromatic N) is 4. The van der Waals surface area contributed by atoms with Crippen LogP contribution >= 0.6 is 0 Å². The first-order chi connectivity index (χ1) is 10.6. The molecule has 120 valence electrons. The van der Waals surface area contributed by atoms with Crippen LogP contribution < -0.4 is 5.73 Å². The average molecular weight is 305 g/mol. The highest BCUT2D eigenvalue weighted by Gasteiger charge is 2.17. The summed E-state index contributed by atoms with van der Waals surface area (Å²) in [4.78, 5) is 8.52. The highest BCUT2D eigenvalue weighted by molar-refractivity contribution is 6.01. The van der Waals surface area contributed by atoms with Gasteiger partial charge < -0.3 is 20.3 Å². The average Bonchev–Trinajstić information content (AvgIpc) is 2.93. The van der Waals surface area contributed by atoms with Crippen LogP contribution in [0, 0.1) is 5.41 Å². The van der Waals surface area contributed by atoms with E-state index in [1.165, 1.54) is 6.26 Å². The molecule has 8 heteroatoms. The van der Waals surface area contributed by atoms with Crippen LogP contribution in [0.1, 0.15) is 12.1 Å². The maximum Gasteiger partial charge on any atom is 0.175 e. The molecular weight excluding hydrogens is 282 g/mol. The summed E-state index contributed by atoms with van der Waals surface area (Å²) < 4.78 is 5.06. The Bertz CT molecular complexity index is 543. The van der Waals surface area contributed by atoms with Crippen molar-refractivity contribution in [2.24, 2.45) is 10.7 Å². The number of nitrogens with two attached hydrogens (primary N) is 1. The van der Waals surface area contributed by atoms with E-state index >= 15 is 0 Å². The van der Waals surface area contributed by atoms with Crippen molar-refractivity contribution >= 4 is 17.5 Å². The number of nitrogens with one attached hydrogen (secondary N) is 2. The molecule has 0 aromatic carbocycles. The van der Waals surface area contributed by atoms with Crippen LogP contribution in [0.5, 0.6) is 0 Å². The molecular formula is C14H23N7O. The van der Waals surface area contributed by atoms with Crippen molar-refractivity contribution in [2.45, 2.75) is 13.0 Å². The second-order valence-corrected chi connectivity index (χ2v) is 5.25. The number of amidine groups is 2. The number of aromatic nitrogens is 2. The van der Waals surface area contributed by atoms with Crippen LogP contribution in [0.25, 0.3) is 0 Å². The summed E-state index contributed by atoms with van der Waals surface area (Å²) in [7, 11) is 2.09. The number of H-pyrrole nitrogens is 1. The van der Waals surface area contributed by atoms with Crippen molar-refractivity contribution in [2.75, 3.05) is 33.2 Å². The molecule has 0 atom stereocenters. The molecule has 0 spiro atoms. The van der Waals surface area contributed by atoms with E-state index in [0.29, 0.717) is 30.5 Å². The fourth-order valence-corrected chi connectivity index (χ4v) is 2.18. The van der Waals surface area contributed by atoms with Gasteiger partial charge in [-0.1, -0.05) is 6.58 Å². The Labute approximate surface area is 130 Å². The van der Waals surface area contributed by atoms with Gasteiger partial charge in [0, 0.05) is 32.2 Å². The van der Waals surface area contributed by atoms with E-state index in [4.69, 9.17) is 15.9 Å². The highest BCUT2D eigenvalue weighted by atomic mass is 16.5. The predicted molar refractivity (Wildman–Crippen MR) is 86.3 cm³/mol. The van der Waals surface area contributed by atoms with E-state index in [0.717, 1.165) is 31.9 Å². The molecule has 1 aliphatic heterocycles. The number of likely N-dealkylation sites (N-methyl/N-ethyl adjacent to an activating group) is 1. The van der Waals surface area contributed by atoms with Crippen molar-refractivity contribution in [1.82, 2.24) is 20.0 Å². The van der Waals surface area contributed by atoms with E-state index in [-0.39, 0.29) is 0 Å². The van der Waals surface area contributed by atoms with Crippen LogP contribution in [0.4, 0.5) is 5.82 Å². The van der Waals surface area contributed by atoms with E-state index < -0.39 is 0 Å². The summed E-state index contributed by atoms with van der Waals surface area (Å²) in [5.41, 5.74) is 6.71. The fraction of sp³-hybridized carbons (Fsp3) is 0.500. The third-order valence-electron chi connectivity index (χ3n) is 3.47. The number of ether oxygens (including phenoxy) is 1. The van der Waals surface area contributed by atoms with Gasteiger partial charge >= 0.3 is 0 Å². The zero-order chi connectivity index (χ0) is 15.9. The Hall–Kier alpha value is -2.35. The maximum absolute atomic E-state index is 8.13. The number of hydrogen-bond acceptors (Lipinski definition) is 5. The van der Waals surface area contributed by atoms with Crippen LogP contribution in [-0.2, 0) is 11.3 Å². The molecule has 1 aromatic heterocycles. The van der Waals surface area contributed by atoms with Crippen LogP contribution in [0.2, 0.25) is 0 Å². The van der Waals surface area contributed by atoms with Gasteiger partial charge in [-0.15, -0.1) is 0 Å². The summed E-state index contributed by atoms with van der Waals surface area (Å²) in [6.45, 7) is 7.48. The number of rotatable bonds is 6. The molecule has 2 rings (SSSR count). The molecule has 1 aliphatic rings. The monoisotopic (exact) mass is 305 g/mol. The SMILES string of the molecule is C=COCc1cc(N=C(N)CC(=N)N2CCN(C)CC2)n[nH]1. The summed E-state index contributed by atoms with van der Waals surface area (Å²) >= 11 is 0. The lowest BCUT2D eigenvalue weighted by Crippen LogP contribution is -2.47. The third kappa shape index (κ3) is 4.59. The lowest BCUT2D eigenvalue weighted by molar-refractivity contribution is 0.213. The lowest BCUT2D eigenvalue weighted by Gasteiger charge is -2.34. The number of aliphatic imine (C=N–C) groups is 1. The van der Waals surface area contributed by atoms with Gasteiger partial charge in [0.2, 0.25) is 0 Å². The summed E-state index contributed by atoms with van der Waals surface area (Å²) in [5, 5.41) is 15.0. The van der Waals surface area contributed by atoms with E-state index in [1.807, 2.05) is 4.90 Å². The fourth-order valence-electron chi connectivity index (χ4n) is 2.18.